The summed E-state index contributed by atoms with van der Waals surface area (Å²) < 4.78 is 10.9. The number of carbonyl (C=O) groups excluding carboxylic acids is 1. The molecule has 0 saturated carbocycles. The zero-order valence-electron chi connectivity index (χ0n) is 10.5. The molecule has 0 bridgehead atoms. The van der Waals surface area contributed by atoms with Crippen LogP contribution in [0.1, 0.15) is 19.8 Å². The van der Waals surface area contributed by atoms with Gasteiger partial charge in [-0.1, -0.05) is 0 Å². The fourth-order valence-corrected chi connectivity index (χ4v) is 2.30. The van der Waals surface area contributed by atoms with Crippen LogP contribution in [-0.2, 0) is 14.3 Å². The average molecular weight is 242 g/mol. The molecule has 5 heteroatoms. The standard InChI is InChI=1S/C12H22N2O3/c1-10-7-14(5-4-13-10)12(15)9-16-8-11-3-2-6-17-11/h10-11,13H,2-9H2,1H3/t10-,11-/m0/s1. The lowest BCUT2D eigenvalue weighted by molar-refractivity contribution is -0.138. The Morgan fingerprint density at radius 3 is 3.18 bits per heavy atom. The lowest BCUT2D eigenvalue weighted by atomic mass is 10.2. The Balaban J connectivity index is 1.62. The van der Waals surface area contributed by atoms with Crippen molar-refractivity contribution in [1.29, 1.82) is 0 Å². The number of piperazine rings is 1. The quantitative estimate of drug-likeness (QED) is 0.754. The van der Waals surface area contributed by atoms with Crippen LogP contribution >= 0.6 is 0 Å². The fraction of sp³-hybridized carbons (Fsp3) is 0.917. The van der Waals surface area contributed by atoms with E-state index in [1.165, 1.54) is 0 Å². The molecule has 0 spiro atoms. The third kappa shape index (κ3) is 3.94. The topological polar surface area (TPSA) is 50.8 Å². The van der Waals surface area contributed by atoms with Crippen LogP contribution in [0.2, 0.25) is 0 Å². The van der Waals surface area contributed by atoms with Crippen molar-refractivity contribution in [3.05, 3.63) is 0 Å². The van der Waals surface area contributed by atoms with Gasteiger partial charge in [-0.15, -0.1) is 0 Å². The maximum atomic E-state index is 11.8. The number of ether oxygens (including phenoxy) is 2. The van der Waals surface area contributed by atoms with E-state index in [0.717, 1.165) is 39.1 Å². The van der Waals surface area contributed by atoms with Gasteiger partial charge in [0.15, 0.2) is 0 Å². The maximum absolute atomic E-state index is 11.8. The predicted molar refractivity (Wildman–Crippen MR) is 63.8 cm³/mol. The lowest BCUT2D eigenvalue weighted by Gasteiger charge is -2.31. The van der Waals surface area contributed by atoms with Crippen molar-refractivity contribution in [2.24, 2.45) is 0 Å². The van der Waals surface area contributed by atoms with Crippen LogP contribution in [-0.4, -0.2) is 62.4 Å². The molecule has 1 amide bonds. The van der Waals surface area contributed by atoms with Crippen LogP contribution in [0.15, 0.2) is 0 Å². The van der Waals surface area contributed by atoms with Crippen molar-refractivity contribution in [3.8, 4) is 0 Å². The van der Waals surface area contributed by atoms with E-state index in [4.69, 9.17) is 9.47 Å². The maximum Gasteiger partial charge on any atom is 0.248 e. The van der Waals surface area contributed by atoms with E-state index in [1.54, 1.807) is 0 Å². The average Bonchev–Trinajstić information content (AvgIpc) is 2.82. The van der Waals surface area contributed by atoms with Gasteiger partial charge in [-0.3, -0.25) is 4.79 Å². The van der Waals surface area contributed by atoms with Gasteiger partial charge >= 0.3 is 0 Å². The highest BCUT2D eigenvalue weighted by Gasteiger charge is 2.21. The van der Waals surface area contributed by atoms with Gasteiger partial charge in [-0.05, 0) is 19.8 Å². The Morgan fingerprint density at radius 2 is 2.47 bits per heavy atom. The van der Waals surface area contributed by atoms with Crippen molar-refractivity contribution in [3.63, 3.8) is 0 Å². The third-order valence-corrected chi connectivity index (χ3v) is 3.27. The largest absolute Gasteiger partial charge is 0.376 e. The minimum Gasteiger partial charge on any atom is -0.376 e. The Labute approximate surface area is 102 Å². The number of rotatable bonds is 4. The summed E-state index contributed by atoms with van der Waals surface area (Å²) in [7, 11) is 0. The Hall–Kier alpha value is -0.650. The van der Waals surface area contributed by atoms with Gasteiger partial charge in [-0.2, -0.15) is 0 Å². The molecule has 0 radical (unpaired) electrons. The molecule has 2 aliphatic heterocycles. The number of carbonyl (C=O) groups is 1. The molecular weight excluding hydrogens is 220 g/mol. The monoisotopic (exact) mass is 242 g/mol. The first-order valence-corrected chi connectivity index (χ1v) is 6.46. The molecular formula is C12H22N2O3. The van der Waals surface area contributed by atoms with Gasteiger partial charge in [0.2, 0.25) is 5.91 Å². The highest BCUT2D eigenvalue weighted by Crippen LogP contribution is 2.11. The van der Waals surface area contributed by atoms with Crippen LogP contribution in [0.25, 0.3) is 0 Å². The van der Waals surface area contributed by atoms with Crippen molar-refractivity contribution in [1.82, 2.24) is 10.2 Å². The molecule has 0 unspecified atom stereocenters. The summed E-state index contributed by atoms with van der Waals surface area (Å²) in [5.74, 6) is 0.0938. The van der Waals surface area contributed by atoms with Gasteiger partial charge in [0.25, 0.3) is 0 Å². The number of nitrogens with one attached hydrogen (secondary N) is 1. The molecule has 17 heavy (non-hydrogen) atoms. The van der Waals surface area contributed by atoms with Crippen molar-refractivity contribution >= 4 is 5.91 Å². The Kier molecular flexibility index (Phi) is 4.76. The molecule has 98 valence electrons. The molecule has 0 aromatic carbocycles. The third-order valence-electron chi connectivity index (χ3n) is 3.27. The summed E-state index contributed by atoms with van der Waals surface area (Å²) in [6.45, 7) is 6.09. The summed E-state index contributed by atoms with van der Waals surface area (Å²) in [4.78, 5) is 13.7. The molecule has 0 aliphatic carbocycles. The minimum atomic E-state index is 0.0938. The summed E-state index contributed by atoms with van der Waals surface area (Å²) in [5, 5.41) is 3.31. The molecule has 2 heterocycles. The van der Waals surface area contributed by atoms with Gasteiger partial charge in [-0.25, -0.2) is 0 Å². The van der Waals surface area contributed by atoms with Crippen molar-refractivity contribution in [2.45, 2.75) is 31.9 Å². The summed E-state index contributed by atoms with van der Waals surface area (Å²) in [6, 6.07) is 0.380. The number of amides is 1. The van der Waals surface area contributed by atoms with E-state index in [2.05, 4.69) is 12.2 Å². The van der Waals surface area contributed by atoms with E-state index >= 15 is 0 Å². The summed E-state index contributed by atoms with van der Waals surface area (Å²) in [5.41, 5.74) is 0. The summed E-state index contributed by atoms with van der Waals surface area (Å²) >= 11 is 0. The van der Waals surface area contributed by atoms with E-state index in [-0.39, 0.29) is 18.6 Å². The summed E-state index contributed by atoms with van der Waals surface area (Å²) in [6.07, 6.45) is 2.36. The van der Waals surface area contributed by atoms with Crippen LogP contribution in [0, 0.1) is 0 Å². The number of nitrogens with zero attached hydrogens (tertiary/aromatic N) is 1. The first-order valence-electron chi connectivity index (χ1n) is 6.46. The molecule has 0 aromatic heterocycles. The van der Waals surface area contributed by atoms with E-state index in [9.17, 15) is 4.79 Å². The van der Waals surface area contributed by atoms with Gasteiger partial charge in [0.1, 0.15) is 6.61 Å². The van der Waals surface area contributed by atoms with Crippen molar-refractivity contribution < 1.29 is 14.3 Å². The second kappa shape index (κ2) is 6.33. The number of hydrogen-bond acceptors (Lipinski definition) is 4. The van der Waals surface area contributed by atoms with Crippen LogP contribution in [0.4, 0.5) is 0 Å². The molecule has 2 fully saturated rings. The van der Waals surface area contributed by atoms with Crippen LogP contribution in [0.3, 0.4) is 0 Å². The Bertz CT molecular complexity index is 254. The molecule has 0 aromatic rings. The molecule has 2 saturated heterocycles. The fourth-order valence-electron chi connectivity index (χ4n) is 2.30. The molecule has 2 rings (SSSR count). The predicted octanol–water partition coefficient (Wildman–Crippen LogP) is 0.00230. The number of hydrogen-bond donors (Lipinski definition) is 1. The lowest BCUT2D eigenvalue weighted by Crippen LogP contribution is -2.52. The van der Waals surface area contributed by atoms with Gasteiger partial charge in [0.05, 0.1) is 12.7 Å². The molecule has 1 N–H and O–H groups in total. The second-order valence-electron chi connectivity index (χ2n) is 4.85. The molecule has 5 nitrogen and oxygen atoms in total. The molecule has 2 atom stereocenters. The van der Waals surface area contributed by atoms with E-state index in [1.807, 2.05) is 4.90 Å². The zero-order valence-corrected chi connectivity index (χ0v) is 10.5. The van der Waals surface area contributed by atoms with Crippen LogP contribution in [0.5, 0.6) is 0 Å². The smallest absolute Gasteiger partial charge is 0.248 e. The molecule has 2 aliphatic rings. The Morgan fingerprint density at radius 1 is 1.59 bits per heavy atom. The highest BCUT2D eigenvalue weighted by atomic mass is 16.5. The van der Waals surface area contributed by atoms with Crippen molar-refractivity contribution in [2.75, 3.05) is 39.5 Å². The first kappa shape index (κ1) is 12.8. The second-order valence-corrected chi connectivity index (χ2v) is 4.85. The van der Waals surface area contributed by atoms with Gasteiger partial charge in [0, 0.05) is 32.3 Å². The van der Waals surface area contributed by atoms with E-state index in [0.29, 0.717) is 12.6 Å². The normalized spacial score (nSPS) is 29.6. The SMILES string of the molecule is C[C@H]1CN(C(=O)COC[C@@H]2CCCO2)CCN1. The first-order chi connectivity index (χ1) is 8.25. The van der Waals surface area contributed by atoms with E-state index < -0.39 is 0 Å². The highest BCUT2D eigenvalue weighted by molar-refractivity contribution is 5.77. The zero-order chi connectivity index (χ0) is 12.1. The minimum absolute atomic E-state index is 0.0938. The van der Waals surface area contributed by atoms with Crippen LogP contribution < -0.4 is 5.32 Å². The van der Waals surface area contributed by atoms with Gasteiger partial charge < -0.3 is 19.7 Å².